The largest absolute Gasteiger partial charge is 0.369 e. The van der Waals surface area contributed by atoms with Gasteiger partial charge in [0.25, 0.3) is 5.91 Å². The van der Waals surface area contributed by atoms with Crippen molar-refractivity contribution in [3.05, 3.63) is 93.1 Å². The highest BCUT2D eigenvalue weighted by atomic mass is 127. The monoisotopic (exact) mass is 566 g/mol. The molecule has 1 aliphatic heterocycles. The Hall–Kier alpha value is -3.20. The first-order valence-corrected chi connectivity index (χ1v) is 12.2. The Balaban J connectivity index is 1.53. The summed E-state index contributed by atoms with van der Waals surface area (Å²) in [6.45, 7) is 2.34. The number of benzene rings is 3. The number of amides is 2. The van der Waals surface area contributed by atoms with Crippen LogP contribution in [0.5, 0.6) is 0 Å². The Kier molecular flexibility index (Phi) is 7.02. The fourth-order valence-electron chi connectivity index (χ4n) is 4.18. The average Bonchev–Trinajstić information content (AvgIpc) is 3.04. The van der Waals surface area contributed by atoms with Crippen LogP contribution in [0.2, 0.25) is 0 Å². The lowest BCUT2D eigenvalue weighted by Gasteiger charge is -2.21. The molecular weight excluding hydrogens is 539 g/mol. The van der Waals surface area contributed by atoms with Crippen molar-refractivity contribution in [1.82, 2.24) is 10.2 Å². The molecule has 0 aromatic heterocycles. The van der Waals surface area contributed by atoms with Crippen molar-refractivity contribution in [3.8, 4) is 11.1 Å². The number of guanidine groups is 1. The zero-order valence-corrected chi connectivity index (χ0v) is 21.4. The van der Waals surface area contributed by atoms with E-state index in [9.17, 15) is 9.59 Å². The number of halogens is 1. The highest BCUT2D eigenvalue weighted by molar-refractivity contribution is 14.1. The molecule has 0 spiro atoms. The molecule has 2 amide bonds. The Morgan fingerprint density at radius 3 is 2.56 bits per heavy atom. The lowest BCUT2D eigenvalue weighted by Crippen LogP contribution is -2.38. The van der Waals surface area contributed by atoms with Crippen LogP contribution in [0.3, 0.4) is 0 Å². The number of nitrogens with zero attached hydrogens (tertiary/aromatic N) is 2. The molecule has 7 heteroatoms. The fourth-order valence-corrected chi connectivity index (χ4v) is 4.67. The van der Waals surface area contributed by atoms with Crippen LogP contribution < -0.4 is 11.1 Å². The van der Waals surface area contributed by atoms with E-state index in [0.717, 1.165) is 31.4 Å². The van der Waals surface area contributed by atoms with Crippen LogP contribution in [-0.4, -0.2) is 36.3 Å². The van der Waals surface area contributed by atoms with Crippen LogP contribution in [-0.2, 0) is 28.0 Å². The molecule has 1 heterocycles. The van der Waals surface area contributed by atoms with Crippen molar-refractivity contribution in [2.75, 3.05) is 13.6 Å². The van der Waals surface area contributed by atoms with E-state index in [1.807, 2.05) is 54.6 Å². The van der Waals surface area contributed by atoms with Gasteiger partial charge >= 0.3 is 0 Å². The highest BCUT2D eigenvalue weighted by Gasteiger charge is 2.43. The number of carbonyl (C=O) groups is 2. The van der Waals surface area contributed by atoms with Crippen molar-refractivity contribution in [1.29, 1.82) is 0 Å². The normalized spacial score (nSPS) is 17.6. The molecule has 0 radical (unpaired) electrons. The van der Waals surface area contributed by atoms with Gasteiger partial charge < -0.3 is 11.1 Å². The predicted octanol–water partition coefficient (Wildman–Crippen LogP) is 3.86. The number of hydrogen-bond donors (Lipinski definition) is 2. The second-order valence-electron chi connectivity index (χ2n) is 8.55. The van der Waals surface area contributed by atoms with Gasteiger partial charge in [0.2, 0.25) is 5.91 Å². The molecule has 3 N–H and O–H groups in total. The molecule has 0 saturated heterocycles. The van der Waals surface area contributed by atoms with Gasteiger partial charge in [-0.05, 0) is 82.0 Å². The van der Waals surface area contributed by atoms with Crippen LogP contribution in [0.4, 0.5) is 0 Å². The Morgan fingerprint density at radius 1 is 1.09 bits per heavy atom. The first-order valence-electron chi connectivity index (χ1n) is 11.1. The van der Waals surface area contributed by atoms with E-state index < -0.39 is 5.54 Å². The molecule has 3 aromatic carbocycles. The molecule has 3 aromatic rings. The maximum atomic E-state index is 12.8. The van der Waals surface area contributed by atoms with Gasteiger partial charge in [-0.25, -0.2) is 4.99 Å². The van der Waals surface area contributed by atoms with E-state index in [4.69, 9.17) is 5.73 Å². The molecule has 1 aliphatic rings. The number of hydrogen-bond acceptors (Lipinski definition) is 4. The standard InChI is InChI=1S/C27H27IN4O2/c1-27(25(34)32(2)26(29)31-27)21-10-6-9-20(16-21)23-17-22(28)12-11-19(23)13-14-30-24(33)15-18-7-4-3-5-8-18/h3-12,16-17H,13-15H2,1-2H3,(H2,29,31)(H,30,33). The summed E-state index contributed by atoms with van der Waals surface area (Å²) in [6.07, 6.45) is 1.06. The maximum Gasteiger partial charge on any atom is 0.261 e. The fraction of sp³-hybridized carbons (Fsp3) is 0.222. The third-order valence-corrected chi connectivity index (χ3v) is 6.81. The topological polar surface area (TPSA) is 87.8 Å². The summed E-state index contributed by atoms with van der Waals surface area (Å²) in [5, 5.41) is 3.03. The van der Waals surface area contributed by atoms with Gasteiger partial charge in [-0.3, -0.25) is 14.5 Å². The average molecular weight is 566 g/mol. The number of carbonyl (C=O) groups excluding carboxylic acids is 2. The molecule has 0 fully saturated rings. The first-order chi connectivity index (χ1) is 16.3. The second-order valence-corrected chi connectivity index (χ2v) is 9.80. The van der Waals surface area contributed by atoms with Crippen LogP contribution in [0.1, 0.15) is 23.6 Å². The Morgan fingerprint density at radius 2 is 1.85 bits per heavy atom. The van der Waals surface area contributed by atoms with E-state index >= 15 is 0 Å². The van der Waals surface area contributed by atoms with Crippen molar-refractivity contribution in [2.24, 2.45) is 10.7 Å². The molecule has 4 rings (SSSR count). The summed E-state index contributed by atoms with van der Waals surface area (Å²) < 4.78 is 1.11. The number of rotatable bonds is 7. The van der Waals surface area contributed by atoms with Crippen LogP contribution in [0, 0.1) is 3.57 Å². The SMILES string of the molecule is CN1C(=O)C(C)(c2cccc(-c3cc(I)ccc3CCNC(=O)Cc3ccccc3)c2)N=C1N. The van der Waals surface area contributed by atoms with Gasteiger partial charge in [0.1, 0.15) is 0 Å². The summed E-state index contributed by atoms with van der Waals surface area (Å²) in [7, 11) is 1.64. The van der Waals surface area contributed by atoms with Gasteiger partial charge in [-0.1, -0.05) is 54.6 Å². The van der Waals surface area contributed by atoms with Crippen molar-refractivity contribution in [3.63, 3.8) is 0 Å². The van der Waals surface area contributed by atoms with E-state index in [0.29, 0.717) is 19.4 Å². The Labute approximate surface area is 213 Å². The van der Waals surface area contributed by atoms with Crippen LogP contribution in [0.25, 0.3) is 11.1 Å². The van der Waals surface area contributed by atoms with Crippen molar-refractivity contribution >= 4 is 40.4 Å². The lowest BCUT2D eigenvalue weighted by atomic mass is 9.88. The minimum atomic E-state index is -1.04. The minimum absolute atomic E-state index is 0.00694. The highest BCUT2D eigenvalue weighted by Crippen LogP contribution is 2.35. The summed E-state index contributed by atoms with van der Waals surface area (Å²) >= 11 is 2.30. The number of aliphatic imine (C=N–C) groups is 1. The van der Waals surface area contributed by atoms with Crippen LogP contribution >= 0.6 is 22.6 Å². The van der Waals surface area contributed by atoms with Gasteiger partial charge in [0, 0.05) is 17.2 Å². The quantitative estimate of drug-likeness (QED) is 0.426. The summed E-state index contributed by atoms with van der Waals surface area (Å²) in [5.74, 6) is 0.0812. The smallest absolute Gasteiger partial charge is 0.261 e. The maximum absolute atomic E-state index is 12.8. The molecule has 1 atom stereocenters. The van der Waals surface area contributed by atoms with E-state index in [2.05, 4.69) is 51.1 Å². The lowest BCUT2D eigenvalue weighted by molar-refractivity contribution is -0.130. The third kappa shape index (κ3) is 4.99. The van der Waals surface area contributed by atoms with Gasteiger partial charge in [-0.15, -0.1) is 0 Å². The van der Waals surface area contributed by atoms with E-state index in [1.54, 1.807) is 14.0 Å². The molecule has 6 nitrogen and oxygen atoms in total. The molecule has 174 valence electrons. The number of nitrogens with two attached hydrogens (primary N) is 1. The molecule has 0 saturated carbocycles. The molecule has 0 aliphatic carbocycles. The summed E-state index contributed by atoms with van der Waals surface area (Å²) in [5.41, 5.74) is 9.87. The van der Waals surface area contributed by atoms with Crippen LogP contribution in [0.15, 0.2) is 77.8 Å². The molecule has 1 unspecified atom stereocenters. The van der Waals surface area contributed by atoms with Gasteiger partial charge in [0.05, 0.1) is 6.42 Å². The third-order valence-electron chi connectivity index (χ3n) is 6.13. The zero-order valence-electron chi connectivity index (χ0n) is 19.2. The minimum Gasteiger partial charge on any atom is -0.369 e. The van der Waals surface area contributed by atoms with Gasteiger partial charge in [-0.2, -0.15) is 0 Å². The zero-order chi connectivity index (χ0) is 24.3. The number of nitrogens with one attached hydrogen (secondary N) is 1. The molecule has 34 heavy (non-hydrogen) atoms. The Bertz CT molecular complexity index is 1260. The van der Waals surface area contributed by atoms with Crippen molar-refractivity contribution in [2.45, 2.75) is 25.3 Å². The van der Waals surface area contributed by atoms with Gasteiger partial charge in [0.15, 0.2) is 11.5 Å². The summed E-state index contributed by atoms with van der Waals surface area (Å²) in [4.78, 5) is 31.0. The summed E-state index contributed by atoms with van der Waals surface area (Å²) in [6, 6.07) is 23.9. The number of likely N-dealkylation sites (N-methyl/N-ethyl adjacent to an activating group) is 1. The molecular formula is C27H27IN4O2. The van der Waals surface area contributed by atoms with E-state index in [-0.39, 0.29) is 17.8 Å². The van der Waals surface area contributed by atoms with E-state index in [1.165, 1.54) is 4.90 Å². The first kappa shape index (κ1) is 23.9. The second kappa shape index (κ2) is 9.97. The predicted molar refractivity (Wildman–Crippen MR) is 143 cm³/mol. The van der Waals surface area contributed by atoms with Crippen molar-refractivity contribution < 1.29 is 9.59 Å². The molecule has 0 bridgehead atoms.